The molecule has 1 atom stereocenters. The third kappa shape index (κ3) is 5.43. The van der Waals surface area contributed by atoms with Crippen LogP contribution in [0.2, 0.25) is 5.02 Å². The van der Waals surface area contributed by atoms with Gasteiger partial charge in [0.2, 0.25) is 0 Å². The molecule has 0 aliphatic heterocycles. The molecule has 1 unspecified atom stereocenters. The van der Waals surface area contributed by atoms with Crippen molar-refractivity contribution in [2.75, 3.05) is 0 Å². The van der Waals surface area contributed by atoms with Crippen molar-refractivity contribution in [1.29, 1.82) is 0 Å². The van der Waals surface area contributed by atoms with E-state index in [1.54, 1.807) is 0 Å². The van der Waals surface area contributed by atoms with Gasteiger partial charge in [-0.15, -0.1) is 0 Å². The number of halogens is 3. The molecule has 0 bridgehead atoms. The number of carbonyl (C=O) groups is 1. The van der Waals surface area contributed by atoms with Gasteiger partial charge in [0.1, 0.15) is 0 Å². The Morgan fingerprint density at radius 1 is 1.43 bits per heavy atom. The van der Waals surface area contributed by atoms with Crippen LogP contribution < -0.4 is 5.32 Å². The molecule has 0 aliphatic carbocycles. The Kier molecular flexibility index (Phi) is 6.97. The molecule has 0 aliphatic rings. The quantitative estimate of drug-likeness (QED) is 0.701. The standard InChI is InChI=1S/C13H16BrCl2NO3S/c1-3-4-5-8(2)17-13(18)9-6-12(21(16,19)20)10(14)7-11(9)15/h6-8H,3-5H2,1-2H3,(H,17,18). The molecule has 0 heterocycles. The van der Waals surface area contributed by atoms with Crippen LogP contribution in [0.3, 0.4) is 0 Å². The van der Waals surface area contributed by atoms with Crippen LogP contribution in [0.4, 0.5) is 0 Å². The second-order valence-electron chi connectivity index (χ2n) is 4.72. The predicted molar refractivity (Wildman–Crippen MR) is 88.6 cm³/mol. The van der Waals surface area contributed by atoms with Gasteiger partial charge in [-0.3, -0.25) is 4.79 Å². The Morgan fingerprint density at radius 2 is 2.05 bits per heavy atom. The fourth-order valence-corrected chi connectivity index (χ4v) is 4.35. The van der Waals surface area contributed by atoms with Crippen molar-refractivity contribution >= 4 is 53.2 Å². The van der Waals surface area contributed by atoms with Gasteiger partial charge >= 0.3 is 0 Å². The molecule has 21 heavy (non-hydrogen) atoms. The molecule has 1 rings (SSSR count). The van der Waals surface area contributed by atoms with Crippen molar-refractivity contribution < 1.29 is 13.2 Å². The summed E-state index contributed by atoms with van der Waals surface area (Å²) < 4.78 is 23.1. The summed E-state index contributed by atoms with van der Waals surface area (Å²) in [5, 5.41) is 2.95. The van der Waals surface area contributed by atoms with Crippen molar-refractivity contribution in [2.45, 2.75) is 44.0 Å². The van der Waals surface area contributed by atoms with Crippen LogP contribution in [-0.4, -0.2) is 20.4 Å². The lowest BCUT2D eigenvalue weighted by atomic mass is 10.1. The highest BCUT2D eigenvalue weighted by Gasteiger charge is 2.21. The highest BCUT2D eigenvalue weighted by molar-refractivity contribution is 9.10. The Balaban J connectivity index is 3.05. The third-order valence-corrected chi connectivity index (χ3v) is 5.49. The molecular weight excluding hydrogens is 401 g/mol. The summed E-state index contributed by atoms with van der Waals surface area (Å²) in [7, 11) is 1.37. The molecule has 0 radical (unpaired) electrons. The van der Waals surface area contributed by atoms with Gasteiger partial charge in [0.25, 0.3) is 15.0 Å². The zero-order chi connectivity index (χ0) is 16.2. The first-order valence-electron chi connectivity index (χ1n) is 6.41. The van der Waals surface area contributed by atoms with Crippen molar-refractivity contribution in [3.8, 4) is 0 Å². The van der Waals surface area contributed by atoms with Crippen molar-refractivity contribution in [1.82, 2.24) is 5.32 Å². The number of carbonyl (C=O) groups excluding carboxylic acids is 1. The van der Waals surface area contributed by atoms with Crippen LogP contribution >= 0.6 is 38.2 Å². The minimum absolute atomic E-state index is 0.0202. The van der Waals surface area contributed by atoms with E-state index in [0.717, 1.165) is 19.3 Å². The normalized spacial score (nSPS) is 13.0. The van der Waals surface area contributed by atoms with Crippen molar-refractivity contribution in [3.05, 3.63) is 27.2 Å². The third-order valence-electron chi connectivity index (χ3n) is 2.90. The Bertz CT molecular complexity index is 635. The van der Waals surface area contributed by atoms with Gasteiger partial charge in [-0.25, -0.2) is 8.42 Å². The van der Waals surface area contributed by atoms with E-state index < -0.39 is 15.0 Å². The minimum atomic E-state index is -3.96. The molecule has 4 nitrogen and oxygen atoms in total. The van der Waals surface area contributed by atoms with E-state index in [4.69, 9.17) is 22.3 Å². The Morgan fingerprint density at radius 3 is 2.57 bits per heavy atom. The fourth-order valence-electron chi connectivity index (χ4n) is 1.77. The molecule has 118 valence electrons. The maximum absolute atomic E-state index is 12.2. The first kappa shape index (κ1) is 18.7. The van der Waals surface area contributed by atoms with Gasteiger partial charge in [0.15, 0.2) is 0 Å². The lowest BCUT2D eigenvalue weighted by molar-refractivity contribution is 0.0938. The number of hydrogen-bond acceptors (Lipinski definition) is 3. The first-order valence-corrected chi connectivity index (χ1v) is 9.89. The summed E-state index contributed by atoms with van der Waals surface area (Å²) in [6.07, 6.45) is 2.88. The summed E-state index contributed by atoms with van der Waals surface area (Å²) in [4.78, 5) is 12.0. The average Bonchev–Trinajstić information content (AvgIpc) is 2.34. The molecular formula is C13H16BrCl2NO3S. The summed E-state index contributed by atoms with van der Waals surface area (Å²) in [6, 6.07) is 2.51. The lowest BCUT2D eigenvalue weighted by Crippen LogP contribution is -2.32. The zero-order valence-electron chi connectivity index (χ0n) is 11.6. The summed E-state index contributed by atoms with van der Waals surface area (Å²) in [5.41, 5.74) is 0.0856. The second kappa shape index (κ2) is 7.81. The molecule has 0 aromatic heterocycles. The minimum Gasteiger partial charge on any atom is -0.350 e. The number of hydrogen-bond donors (Lipinski definition) is 1. The summed E-state index contributed by atoms with van der Waals surface area (Å²) >= 11 is 9.08. The van der Waals surface area contributed by atoms with Gasteiger partial charge in [0, 0.05) is 21.2 Å². The first-order chi connectivity index (χ1) is 9.66. The van der Waals surface area contributed by atoms with Crippen LogP contribution in [0.15, 0.2) is 21.5 Å². The number of benzene rings is 1. The highest BCUT2D eigenvalue weighted by Crippen LogP contribution is 2.31. The maximum Gasteiger partial charge on any atom is 0.262 e. The Labute approximate surface area is 142 Å². The average molecular weight is 417 g/mol. The second-order valence-corrected chi connectivity index (χ2v) is 8.51. The fraction of sp³-hybridized carbons (Fsp3) is 0.462. The molecule has 8 heteroatoms. The Hall–Kier alpha value is -0.300. The molecule has 0 fully saturated rings. The van der Waals surface area contributed by atoms with Gasteiger partial charge in [0.05, 0.1) is 15.5 Å². The van der Waals surface area contributed by atoms with Crippen LogP contribution in [0, 0.1) is 0 Å². The number of rotatable bonds is 6. The van der Waals surface area contributed by atoms with E-state index in [0.29, 0.717) is 0 Å². The molecule has 1 N–H and O–H groups in total. The smallest absolute Gasteiger partial charge is 0.262 e. The molecule has 0 spiro atoms. The number of amides is 1. The van der Waals surface area contributed by atoms with Crippen LogP contribution in [0.1, 0.15) is 43.5 Å². The largest absolute Gasteiger partial charge is 0.350 e. The molecule has 1 amide bonds. The van der Waals surface area contributed by atoms with Crippen LogP contribution in [0.5, 0.6) is 0 Å². The maximum atomic E-state index is 12.2. The van der Waals surface area contributed by atoms with E-state index in [1.165, 1.54) is 12.1 Å². The monoisotopic (exact) mass is 415 g/mol. The van der Waals surface area contributed by atoms with E-state index in [1.807, 2.05) is 6.92 Å². The van der Waals surface area contributed by atoms with E-state index in [-0.39, 0.29) is 26.0 Å². The summed E-state index contributed by atoms with van der Waals surface area (Å²) in [6.45, 7) is 3.96. The van der Waals surface area contributed by atoms with E-state index in [2.05, 4.69) is 28.2 Å². The summed E-state index contributed by atoms with van der Waals surface area (Å²) in [5.74, 6) is -0.419. The van der Waals surface area contributed by atoms with Crippen molar-refractivity contribution in [2.24, 2.45) is 0 Å². The van der Waals surface area contributed by atoms with E-state index >= 15 is 0 Å². The molecule has 0 saturated carbocycles. The lowest BCUT2D eigenvalue weighted by Gasteiger charge is -2.15. The van der Waals surface area contributed by atoms with E-state index in [9.17, 15) is 13.2 Å². The number of nitrogens with one attached hydrogen (secondary N) is 1. The molecule has 0 saturated heterocycles. The number of unbranched alkanes of at least 4 members (excludes halogenated alkanes) is 1. The van der Waals surface area contributed by atoms with Crippen LogP contribution in [0.25, 0.3) is 0 Å². The van der Waals surface area contributed by atoms with Crippen LogP contribution in [-0.2, 0) is 9.05 Å². The van der Waals surface area contributed by atoms with Gasteiger partial charge in [-0.2, -0.15) is 0 Å². The topological polar surface area (TPSA) is 63.2 Å². The van der Waals surface area contributed by atoms with Gasteiger partial charge < -0.3 is 5.32 Å². The molecule has 1 aromatic rings. The van der Waals surface area contributed by atoms with Gasteiger partial charge in [-0.05, 0) is 41.4 Å². The van der Waals surface area contributed by atoms with Gasteiger partial charge in [-0.1, -0.05) is 31.4 Å². The van der Waals surface area contributed by atoms with Crippen molar-refractivity contribution in [3.63, 3.8) is 0 Å². The molecule has 1 aromatic carbocycles. The zero-order valence-corrected chi connectivity index (χ0v) is 15.5. The highest BCUT2D eigenvalue weighted by atomic mass is 79.9. The predicted octanol–water partition coefficient (Wildman–Crippen LogP) is 4.34. The SMILES string of the molecule is CCCCC(C)NC(=O)c1cc(S(=O)(=O)Cl)c(Br)cc1Cl.